The average molecular weight is 355 g/mol. The minimum Gasteiger partial charge on any atom is -0.507 e. The maximum Gasteiger partial charge on any atom is 0.348 e. The van der Waals surface area contributed by atoms with Crippen LogP contribution in [-0.2, 0) is 0 Å². The molecule has 0 saturated carbocycles. The van der Waals surface area contributed by atoms with Gasteiger partial charge in [-0.2, -0.15) is 0 Å². The first kappa shape index (κ1) is 12.8. The maximum atomic E-state index is 11.5. The molecule has 1 N–H and O–H groups in total. The van der Waals surface area contributed by atoms with Gasteiger partial charge < -0.3 is 9.52 Å². The smallest absolute Gasteiger partial charge is 0.348 e. The zero-order valence-electron chi connectivity index (χ0n) is 9.55. The average Bonchev–Trinajstić information content (AvgIpc) is 2.30. The lowest BCUT2D eigenvalue weighted by molar-refractivity contribution is 0.433. The number of halogens is 1. The van der Waals surface area contributed by atoms with Crippen molar-refractivity contribution in [2.45, 2.75) is 6.92 Å². The van der Waals surface area contributed by atoms with Gasteiger partial charge in [0, 0.05) is 15.9 Å². The second-order valence-electron chi connectivity index (χ2n) is 3.68. The highest BCUT2D eigenvalue weighted by Gasteiger charge is 2.06. The first-order valence-corrected chi connectivity index (χ1v) is 6.27. The summed E-state index contributed by atoms with van der Waals surface area (Å²) < 4.78 is 5.99. The molecule has 0 atom stereocenters. The predicted molar refractivity (Wildman–Crippen MR) is 77.8 cm³/mol. The van der Waals surface area contributed by atoms with E-state index in [-0.39, 0.29) is 11.3 Å². The SMILES string of the molecule is Cc1cc(O)c(C=Nc2ccc(I)cc2)c(=O)o1. The summed E-state index contributed by atoms with van der Waals surface area (Å²) in [5, 5.41) is 9.64. The van der Waals surface area contributed by atoms with Crippen molar-refractivity contribution < 1.29 is 9.52 Å². The number of benzene rings is 1. The lowest BCUT2D eigenvalue weighted by atomic mass is 10.2. The Morgan fingerprint density at radius 3 is 2.61 bits per heavy atom. The predicted octanol–water partition coefficient (Wildman–Crippen LogP) is 3.01. The van der Waals surface area contributed by atoms with E-state index >= 15 is 0 Å². The molecule has 1 aromatic carbocycles. The van der Waals surface area contributed by atoms with Crippen LogP contribution in [0.3, 0.4) is 0 Å². The van der Waals surface area contributed by atoms with Crippen LogP contribution in [0.15, 0.2) is 44.5 Å². The summed E-state index contributed by atoms with van der Waals surface area (Å²) in [4.78, 5) is 15.6. The maximum absolute atomic E-state index is 11.5. The van der Waals surface area contributed by atoms with Crippen LogP contribution >= 0.6 is 22.6 Å². The lowest BCUT2D eigenvalue weighted by Gasteiger charge is -1.98. The second-order valence-corrected chi connectivity index (χ2v) is 4.92. The van der Waals surface area contributed by atoms with Crippen LogP contribution < -0.4 is 5.63 Å². The summed E-state index contributed by atoms with van der Waals surface area (Å²) in [5.41, 5.74) is 0.163. The van der Waals surface area contributed by atoms with E-state index in [0.717, 1.165) is 3.57 Å². The van der Waals surface area contributed by atoms with Crippen molar-refractivity contribution in [1.82, 2.24) is 0 Å². The fourth-order valence-electron chi connectivity index (χ4n) is 1.39. The van der Waals surface area contributed by atoms with E-state index in [2.05, 4.69) is 27.6 Å². The van der Waals surface area contributed by atoms with Crippen LogP contribution in [0.5, 0.6) is 5.75 Å². The van der Waals surface area contributed by atoms with Crippen LogP contribution in [0, 0.1) is 10.5 Å². The molecule has 0 spiro atoms. The third-order valence-electron chi connectivity index (χ3n) is 2.26. The van der Waals surface area contributed by atoms with E-state index < -0.39 is 5.63 Å². The van der Waals surface area contributed by atoms with E-state index in [1.807, 2.05) is 24.3 Å². The summed E-state index contributed by atoms with van der Waals surface area (Å²) in [6, 6.07) is 8.85. The molecule has 0 bridgehead atoms. The number of aromatic hydroxyl groups is 1. The van der Waals surface area contributed by atoms with Gasteiger partial charge in [0.2, 0.25) is 0 Å². The number of rotatable bonds is 2. The number of aliphatic imine (C=N–C) groups is 1. The van der Waals surface area contributed by atoms with Crippen molar-refractivity contribution in [3.63, 3.8) is 0 Å². The molecule has 1 heterocycles. The molecule has 0 saturated heterocycles. The quantitative estimate of drug-likeness (QED) is 0.666. The van der Waals surface area contributed by atoms with E-state index in [1.165, 1.54) is 12.3 Å². The molecular weight excluding hydrogens is 345 g/mol. The molecule has 92 valence electrons. The van der Waals surface area contributed by atoms with E-state index in [0.29, 0.717) is 11.4 Å². The molecule has 4 nitrogen and oxygen atoms in total. The largest absolute Gasteiger partial charge is 0.507 e. The molecule has 5 heteroatoms. The molecular formula is C13H10INO3. The van der Waals surface area contributed by atoms with Crippen LogP contribution in [0.2, 0.25) is 0 Å². The summed E-state index contributed by atoms with van der Waals surface area (Å²) >= 11 is 2.19. The Balaban J connectivity index is 2.35. The Bertz CT molecular complexity index is 644. The number of nitrogens with zero attached hydrogens (tertiary/aromatic N) is 1. The number of hydrogen-bond donors (Lipinski definition) is 1. The molecule has 0 aliphatic rings. The Morgan fingerprint density at radius 1 is 1.33 bits per heavy atom. The van der Waals surface area contributed by atoms with Crippen LogP contribution in [-0.4, -0.2) is 11.3 Å². The Hall–Kier alpha value is -1.63. The van der Waals surface area contributed by atoms with Crippen LogP contribution in [0.4, 0.5) is 5.69 Å². The van der Waals surface area contributed by atoms with Crippen LogP contribution in [0.1, 0.15) is 11.3 Å². The monoisotopic (exact) mass is 355 g/mol. The number of aryl methyl sites for hydroxylation is 1. The fourth-order valence-corrected chi connectivity index (χ4v) is 1.75. The number of hydrogen-bond acceptors (Lipinski definition) is 4. The Labute approximate surface area is 117 Å². The highest BCUT2D eigenvalue weighted by Crippen LogP contribution is 2.16. The summed E-state index contributed by atoms with van der Waals surface area (Å²) in [6.45, 7) is 1.60. The summed E-state index contributed by atoms with van der Waals surface area (Å²) in [5.74, 6) is 0.238. The summed E-state index contributed by atoms with van der Waals surface area (Å²) in [6.07, 6.45) is 1.31. The zero-order chi connectivity index (χ0) is 13.1. The lowest BCUT2D eigenvalue weighted by Crippen LogP contribution is -2.07. The van der Waals surface area contributed by atoms with Gasteiger partial charge in [-0.25, -0.2) is 4.79 Å². The minimum absolute atomic E-state index is 0.0548. The molecule has 0 aliphatic heterocycles. The van der Waals surface area contributed by atoms with Crippen molar-refractivity contribution in [2.24, 2.45) is 4.99 Å². The first-order chi connectivity index (χ1) is 8.56. The normalized spacial score (nSPS) is 11.0. The van der Waals surface area contributed by atoms with Gasteiger partial charge in [0.05, 0.1) is 5.69 Å². The van der Waals surface area contributed by atoms with Crippen molar-refractivity contribution in [1.29, 1.82) is 0 Å². The van der Waals surface area contributed by atoms with Gasteiger partial charge in [-0.3, -0.25) is 4.99 Å². The van der Waals surface area contributed by atoms with Crippen molar-refractivity contribution in [3.05, 3.63) is 55.6 Å². The van der Waals surface area contributed by atoms with Gasteiger partial charge in [-0.15, -0.1) is 0 Å². The van der Waals surface area contributed by atoms with Crippen molar-refractivity contribution in [2.75, 3.05) is 0 Å². The van der Waals surface area contributed by atoms with E-state index in [9.17, 15) is 9.90 Å². The van der Waals surface area contributed by atoms with Gasteiger partial charge in [0.15, 0.2) is 0 Å². The van der Waals surface area contributed by atoms with E-state index in [1.54, 1.807) is 6.92 Å². The molecule has 0 unspecified atom stereocenters. The van der Waals surface area contributed by atoms with Crippen molar-refractivity contribution >= 4 is 34.5 Å². The molecule has 0 radical (unpaired) electrons. The molecule has 0 fully saturated rings. The third kappa shape index (κ3) is 2.98. The Kier molecular flexibility index (Phi) is 3.81. The van der Waals surface area contributed by atoms with Crippen LogP contribution in [0.25, 0.3) is 0 Å². The molecule has 18 heavy (non-hydrogen) atoms. The molecule has 0 aliphatic carbocycles. The van der Waals surface area contributed by atoms with Gasteiger partial charge in [0.25, 0.3) is 0 Å². The van der Waals surface area contributed by atoms with Crippen molar-refractivity contribution in [3.8, 4) is 5.75 Å². The highest BCUT2D eigenvalue weighted by molar-refractivity contribution is 14.1. The standard InChI is InChI=1S/C13H10INO3/c1-8-6-12(16)11(13(17)18-8)7-15-10-4-2-9(14)3-5-10/h2-7,16H,1H3. The Morgan fingerprint density at radius 2 is 2.00 bits per heavy atom. The summed E-state index contributed by atoms with van der Waals surface area (Å²) in [7, 11) is 0. The van der Waals surface area contributed by atoms with Gasteiger partial charge in [-0.05, 0) is 53.8 Å². The van der Waals surface area contributed by atoms with Gasteiger partial charge in [-0.1, -0.05) is 0 Å². The first-order valence-electron chi connectivity index (χ1n) is 5.19. The topological polar surface area (TPSA) is 62.8 Å². The van der Waals surface area contributed by atoms with Gasteiger partial charge >= 0.3 is 5.63 Å². The molecule has 0 amide bonds. The zero-order valence-corrected chi connectivity index (χ0v) is 11.7. The molecule has 2 aromatic rings. The van der Waals surface area contributed by atoms with E-state index in [4.69, 9.17) is 4.42 Å². The van der Waals surface area contributed by atoms with Gasteiger partial charge in [0.1, 0.15) is 17.1 Å². The third-order valence-corrected chi connectivity index (χ3v) is 2.98. The fraction of sp³-hybridized carbons (Fsp3) is 0.0769. The molecule has 1 aromatic heterocycles. The minimum atomic E-state index is -0.596. The second kappa shape index (κ2) is 5.34. The molecule has 2 rings (SSSR count). The highest BCUT2D eigenvalue weighted by atomic mass is 127.